The molecule has 1 aliphatic heterocycles. The van der Waals surface area contributed by atoms with Gasteiger partial charge >= 0.3 is 6.03 Å². The van der Waals surface area contributed by atoms with E-state index < -0.39 is 0 Å². The fourth-order valence-corrected chi connectivity index (χ4v) is 4.85. The first-order chi connectivity index (χ1) is 15.3. The van der Waals surface area contributed by atoms with Gasteiger partial charge in [0.25, 0.3) is 0 Å². The first kappa shape index (κ1) is 24.4. The molecule has 0 bridgehead atoms. The summed E-state index contributed by atoms with van der Waals surface area (Å²) in [4.78, 5) is 31.0. The van der Waals surface area contributed by atoms with Crippen LogP contribution in [0.15, 0.2) is 35.7 Å². The highest BCUT2D eigenvalue weighted by Crippen LogP contribution is 2.34. The fourth-order valence-electron chi connectivity index (χ4n) is 3.80. The van der Waals surface area contributed by atoms with Crippen molar-refractivity contribution in [1.82, 2.24) is 15.1 Å². The maximum absolute atomic E-state index is 13.5. The van der Waals surface area contributed by atoms with Crippen LogP contribution < -0.4 is 10.1 Å². The number of rotatable bonds is 8. The third-order valence-corrected chi connectivity index (χ3v) is 6.99. The summed E-state index contributed by atoms with van der Waals surface area (Å²) >= 11 is 7.69. The number of urea groups is 1. The Labute approximate surface area is 199 Å². The van der Waals surface area contributed by atoms with Crippen LogP contribution in [0.3, 0.4) is 0 Å². The molecule has 0 spiro atoms. The molecule has 0 unspecified atom stereocenters. The number of nitrogens with zero attached hydrogens (tertiary/aromatic N) is 2. The molecule has 174 valence electrons. The number of fused-ring (bicyclic) bond motifs is 1. The van der Waals surface area contributed by atoms with E-state index in [-0.39, 0.29) is 36.6 Å². The topological polar surface area (TPSA) is 61.9 Å². The minimum Gasteiger partial charge on any atom is -0.491 e. The maximum Gasteiger partial charge on any atom is 0.318 e. The van der Waals surface area contributed by atoms with Crippen LogP contribution in [0.1, 0.15) is 50.6 Å². The van der Waals surface area contributed by atoms with Crippen LogP contribution in [0.4, 0.5) is 4.79 Å². The molecule has 32 heavy (non-hydrogen) atoms. The zero-order valence-electron chi connectivity index (χ0n) is 19.1. The Bertz CT molecular complexity index is 915. The van der Waals surface area contributed by atoms with Crippen LogP contribution in [-0.2, 0) is 11.2 Å². The van der Waals surface area contributed by atoms with Crippen molar-refractivity contribution in [2.45, 2.75) is 58.7 Å². The van der Waals surface area contributed by atoms with Gasteiger partial charge in [0.1, 0.15) is 18.9 Å². The smallest absolute Gasteiger partial charge is 0.318 e. The van der Waals surface area contributed by atoms with Gasteiger partial charge in [0, 0.05) is 28.5 Å². The maximum atomic E-state index is 13.5. The second kappa shape index (κ2) is 11.1. The Morgan fingerprint density at radius 3 is 2.62 bits per heavy atom. The molecule has 2 aromatic rings. The van der Waals surface area contributed by atoms with Crippen LogP contribution in [-0.4, -0.2) is 53.5 Å². The molecule has 8 heteroatoms. The van der Waals surface area contributed by atoms with E-state index >= 15 is 0 Å². The molecule has 0 saturated heterocycles. The Hall–Kier alpha value is -2.25. The SMILES string of the molecule is CC[C@H](C)N(CC(=O)N1CCc2sccc2[C@@H]1COc1ccc(Cl)cc1)C(=O)NC(C)C. The number of thiophene rings is 1. The number of benzene rings is 1. The molecule has 1 N–H and O–H groups in total. The van der Waals surface area contributed by atoms with E-state index in [1.54, 1.807) is 28.4 Å². The summed E-state index contributed by atoms with van der Waals surface area (Å²) in [6.45, 7) is 8.83. The molecule has 2 atom stereocenters. The lowest BCUT2D eigenvalue weighted by atomic mass is 10.00. The standard InChI is InChI=1S/C24H32ClN3O3S/c1-5-17(4)28(24(30)26-16(2)3)14-23(29)27-12-10-22-20(11-13-32-22)21(27)15-31-19-8-6-18(25)7-9-19/h6-9,11,13,16-17,21H,5,10,12,14-15H2,1-4H3,(H,26,30)/t17-,21-/m0/s1. The molecule has 0 fully saturated rings. The average Bonchev–Trinajstić information content (AvgIpc) is 3.24. The predicted molar refractivity (Wildman–Crippen MR) is 130 cm³/mol. The minimum absolute atomic E-state index is 0.00744. The summed E-state index contributed by atoms with van der Waals surface area (Å²) in [6.07, 6.45) is 1.59. The Balaban J connectivity index is 1.77. The van der Waals surface area contributed by atoms with Gasteiger partial charge in [-0.1, -0.05) is 18.5 Å². The van der Waals surface area contributed by atoms with Gasteiger partial charge < -0.3 is 19.9 Å². The van der Waals surface area contributed by atoms with Gasteiger partial charge in [-0.15, -0.1) is 11.3 Å². The van der Waals surface area contributed by atoms with Crippen molar-refractivity contribution in [1.29, 1.82) is 0 Å². The van der Waals surface area contributed by atoms with Crippen molar-refractivity contribution in [2.75, 3.05) is 19.7 Å². The summed E-state index contributed by atoms with van der Waals surface area (Å²) in [5, 5.41) is 5.64. The Kier molecular flexibility index (Phi) is 8.43. The molecule has 0 aliphatic carbocycles. The summed E-state index contributed by atoms with van der Waals surface area (Å²) < 4.78 is 6.04. The number of nitrogens with one attached hydrogen (secondary N) is 1. The number of ether oxygens (including phenoxy) is 1. The quantitative estimate of drug-likeness (QED) is 0.573. The lowest BCUT2D eigenvalue weighted by Crippen LogP contribution is -2.53. The van der Waals surface area contributed by atoms with Gasteiger partial charge in [0.2, 0.25) is 5.91 Å². The van der Waals surface area contributed by atoms with Crippen molar-refractivity contribution >= 4 is 34.9 Å². The number of hydrogen-bond donors (Lipinski definition) is 1. The first-order valence-electron chi connectivity index (χ1n) is 11.1. The zero-order chi connectivity index (χ0) is 23.3. The van der Waals surface area contributed by atoms with Gasteiger partial charge in [-0.25, -0.2) is 4.79 Å². The monoisotopic (exact) mass is 477 g/mol. The number of hydrogen-bond acceptors (Lipinski definition) is 4. The van der Waals surface area contributed by atoms with Crippen LogP contribution in [0, 0.1) is 0 Å². The molecule has 1 aromatic heterocycles. The normalized spacial score (nSPS) is 16.4. The van der Waals surface area contributed by atoms with Crippen LogP contribution in [0.2, 0.25) is 5.02 Å². The second-order valence-corrected chi connectivity index (χ2v) is 9.84. The molecule has 2 heterocycles. The van der Waals surface area contributed by atoms with E-state index in [1.807, 2.05) is 44.7 Å². The number of carbonyl (C=O) groups excluding carboxylic acids is 2. The first-order valence-corrected chi connectivity index (χ1v) is 12.4. The predicted octanol–water partition coefficient (Wildman–Crippen LogP) is 5.12. The zero-order valence-corrected chi connectivity index (χ0v) is 20.7. The van der Waals surface area contributed by atoms with E-state index in [9.17, 15) is 9.59 Å². The highest BCUT2D eigenvalue weighted by atomic mass is 35.5. The van der Waals surface area contributed by atoms with Gasteiger partial charge in [-0.05, 0) is 74.9 Å². The number of halogens is 1. The van der Waals surface area contributed by atoms with E-state index in [0.717, 1.165) is 18.4 Å². The van der Waals surface area contributed by atoms with Gasteiger partial charge in [-0.3, -0.25) is 4.79 Å². The molecular formula is C24H32ClN3O3S. The number of amides is 3. The van der Waals surface area contributed by atoms with Crippen molar-refractivity contribution in [3.63, 3.8) is 0 Å². The van der Waals surface area contributed by atoms with Crippen molar-refractivity contribution in [3.8, 4) is 5.75 Å². The third kappa shape index (κ3) is 5.95. The van der Waals surface area contributed by atoms with E-state index in [4.69, 9.17) is 16.3 Å². The molecule has 6 nitrogen and oxygen atoms in total. The Morgan fingerprint density at radius 2 is 1.97 bits per heavy atom. The molecule has 0 radical (unpaired) electrons. The highest BCUT2D eigenvalue weighted by Gasteiger charge is 2.34. The van der Waals surface area contributed by atoms with Crippen molar-refractivity contribution in [3.05, 3.63) is 51.2 Å². The third-order valence-electron chi connectivity index (χ3n) is 5.74. The summed E-state index contributed by atoms with van der Waals surface area (Å²) in [6, 6.07) is 8.87. The van der Waals surface area contributed by atoms with Crippen molar-refractivity contribution < 1.29 is 14.3 Å². The summed E-state index contributed by atoms with van der Waals surface area (Å²) in [5.41, 5.74) is 1.13. The van der Waals surface area contributed by atoms with Gasteiger partial charge in [0.15, 0.2) is 0 Å². The van der Waals surface area contributed by atoms with Crippen LogP contribution in [0.5, 0.6) is 5.75 Å². The minimum atomic E-state index is -0.204. The molecule has 3 amide bonds. The van der Waals surface area contributed by atoms with Gasteiger partial charge in [-0.2, -0.15) is 0 Å². The molecular weight excluding hydrogens is 446 g/mol. The Morgan fingerprint density at radius 1 is 1.25 bits per heavy atom. The molecule has 1 aromatic carbocycles. The summed E-state index contributed by atoms with van der Waals surface area (Å²) in [5.74, 6) is 0.646. The average molecular weight is 478 g/mol. The molecule has 3 rings (SSSR count). The molecule has 1 aliphatic rings. The van der Waals surface area contributed by atoms with E-state index in [2.05, 4.69) is 16.8 Å². The van der Waals surface area contributed by atoms with Crippen molar-refractivity contribution in [2.24, 2.45) is 0 Å². The second-order valence-electron chi connectivity index (χ2n) is 8.41. The summed E-state index contributed by atoms with van der Waals surface area (Å²) in [7, 11) is 0. The number of carbonyl (C=O) groups is 2. The largest absolute Gasteiger partial charge is 0.491 e. The van der Waals surface area contributed by atoms with Crippen LogP contribution in [0.25, 0.3) is 0 Å². The van der Waals surface area contributed by atoms with E-state index in [0.29, 0.717) is 23.9 Å². The lowest BCUT2D eigenvalue weighted by Gasteiger charge is -2.38. The lowest BCUT2D eigenvalue weighted by molar-refractivity contribution is -0.136. The van der Waals surface area contributed by atoms with E-state index in [1.165, 1.54) is 4.88 Å². The van der Waals surface area contributed by atoms with Gasteiger partial charge in [0.05, 0.1) is 6.04 Å². The molecule has 0 saturated carbocycles. The van der Waals surface area contributed by atoms with Crippen LogP contribution >= 0.6 is 22.9 Å². The highest BCUT2D eigenvalue weighted by molar-refractivity contribution is 7.10. The fraction of sp³-hybridized carbons (Fsp3) is 0.500.